The van der Waals surface area contributed by atoms with Crippen LogP contribution in [-0.2, 0) is 0 Å². The molecule has 0 radical (unpaired) electrons. The van der Waals surface area contributed by atoms with Gasteiger partial charge < -0.3 is 19.9 Å². The van der Waals surface area contributed by atoms with Gasteiger partial charge in [0.15, 0.2) is 6.20 Å². The van der Waals surface area contributed by atoms with E-state index in [9.17, 15) is 10.1 Å². The van der Waals surface area contributed by atoms with Crippen molar-refractivity contribution in [2.45, 2.75) is 0 Å². The lowest BCUT2D eigenvalue weighted by Gasteiger charge is -2.20. The molecule has 88 valence electrons. The topological polar surface area (TPSA) is 62.5 Å². The van der Waals surface area contributed by atoms with Crippen LogP contribution in [0.15, 0.2) is 18.3 Å². The first-order valence-electron chi connectivity index (χ1n) is 4.97. The summed E-state index contributed by atoms with van der Waals surface area (Å²) in [5, 5.41) is 10.4. The van der Waals surface area contributed by atoms with E-state index < -0.39 is 4.92 Å². The van der Waals surface area contributed by atoms with Crippen LogP contribution in [0.2, 0.25) is 0 Å². The van der Waals surface area contributed by atoms with Crippen molar-refractivity contribution >= 4 is 11.5 Å². The van der Waals surface area contributed by atoms with Crippen LogP contribution in [-0.4, -0.2) is 49.0 Å². The van der Waals surface area contributed by atoms with Gasteiger partial charge in [0.2, 0.25) is 0 Å². The highest BCUT2D eigenvalue weighted by atomic mass is 16.6. The summed E-state index contributed by atoms with van der Waals surface area (Å²) in [7, 11) is 5.94. The second kappa shape index (κ2) is 5.41. The van der Waals surface area contributed by atoms with Crippen LogP contribution in [0.1, 0.15) is 0 Å². The first-order valence-corrected chi connectivity index (χ1v) is 4.97. The molecule has 0 bridgehead atoms. The molecule has 6 heteroatoms. The van der Waals surface area contributed by atoms with E-state index in [2.05, 4.69) is 9.88 Å². The van der Waals surface area contributed by atoms with Gasteiger partial charge in [-0.15, -0.1) is 0 Å². The summed E-state index contributed by atoms with van der Waals surface area (Å²) in [6.07, 6.45) is 1.52. The van der Waals surface area contributed by atoms with Crippen LogP contribution in [0.3, 0.4) is 0 Å². The van der Waals surface area contributed by atoms with Crippen molar-refractivity contribution in [1.29, 1.82) is 0 Å². The SMILES string of the molecule is CN(C)CCN(C)c1ccc([N+](=O)[O-])nc1. The molecule has 0 aliphatic carbocycles. The molecule has 1 heterocycles. The maximum Gasteiger partial charge on any atom is 0.363 e. The second-order valence-electron chi connectivity index (χ2n) is 3.86. The number of hydrogen-bond acceptors (Lipinski definition) is 5. The van der Waals surface area contributed by atoms with Crippen molar-refractivity contribution < 1.29 is 4.92 Å². The Hall–Kier alpha value is -1.69. The molecule has 0 saturated carbocycles. The Labute approximate surface area is 94.6 Å². The average molecular weight is 224 g/mol. The summed E-state index contributed by atoms with van der Waals surface area (Å²) in [6, 6.07) is 3.13. The highest BCUT2D eigenvalue weighted by Gasteiger charge is 2.08. The lowest BCUT2D eigenvalue weighted by molar-refractivity contribution is -0.389. The van der Waals surface area contributed by atoms with Gasteiger partial charge in [0.05, 0.1) is 5.69 Å². The van der Waals surface area contributed by atoms with Crippen LogP contribution >= 0.6 is 0 Å². The van der Waals surface area contributed by atoms with Crippen LogP contribution < -0.4 is 4.90 Å². The molecule has 0 amide bonds. The average Bonchev–Trinajstić information content (AvgIpc) is 2.26. The lowest BCUT2D eigenvalue weighted by Crippen LogP contribution is -2.28. The fourth-order valence-corrected chi connectivity index (χ4v) is 1.19. The zero-order valence-electron chi connectivity index (χ0n) is 9.75. The van der Waals surface area contributed by atoms with Crippen molar-refractivity contribution in [1.82, 2.24) is 9.88 Å². The highest BCUT2D eigenvalue weighted by Crippen LogP contribution is 2.14. The lowest BCUT2D eigenvalue weighted by atomic mass is 10.3. The smallest absolute Gasteiger partial charge is 0.363 e. The summed E-state index contributed by atoms with van der Waals surface area (Å²) < 4.78 is 0. The molecule has 0 fully saturated rings. The maximum absolute atomic E-state index is 10.4. The van der Waals surface area contributed by atoms with Crippen molar-refractivity contribution in [3.05, 3.63) is 28.4 Å². The van der Waals surface area contributed by atoms with Gasteiger partial charge in [-0.2, -0.15) is 0 Å². The molecule has 1 rings (SSSR count). The fourth-order valence-electron chi connectivity index (χ4n) is 1.19. The molecule has 0 aliphatic heterocycles. The second-order valence-corrected chi connectivity index (χ2v) is 3.86. The summed E-state index contributed by atoms with van der Waals surface area (Å²) in [5.74, 6) is -0.121. The highest BCUT2D eigenvalue weighted by molar-refractivity contribution is 5.45. The maximum atomic E-state index is 10.4. The summed E-state index contributed by atoms with van der Waals surface area (Å²) in [4.78, 5) is 17.8. The quantitative estimate of drug-likeness (QED) is 0.551. The van der Waals surface area contributed by atoms with Gasteiger partial charge in [-0.3, -0.25) is 0 Å². The van der Waals surface area contributed by atoms with Gasteiger partial charge >= 0.3 is 5.82 Å². The van der Waals surface area contributed by atoms with Gasteiger partial charge in [-0.1, -0.05) is 0 Å². The summed E-state index contributed by atoms with van der Waals surface area (Å²) in [6.45, 7) is 1.78. The number of nitro groups is 1. The van der Waals surface area contributed by atoms with Gasteiger partial charge in [-0.05, 0) is 30.1 Å². The summed E-state index contributed by atoms with van der Waals surface area (Å²) >= 11 is 0. The first kappa shape index (κ1) is 12.4. The van der Waals surface area contributed by atoms with Gasteiger partial charge in [-0.25, -0.2) is 0 Å². The number of pyridine rings is 1. The molecule has 0 saturated heterocycles. The van der Waals surface area contributed by atoms with E-state index in [-0.39, 0.29) is 5.82 Å². The number of nitrogens with zero attached hydrogens (tertiary/aromatic N) is 4. The number of aromatic nitrogens is 1. The predicted octanol–water partition coefficient (Wildman–Crippen LogP) is 0.988. The Kier molecular flexibility index (Phi) is 4.19. The molecule has 1 aromatic rings. The van der Waals surface area contributed by atoms with Crippen molar-refractivity contribution in [3.63, 3.8) is 0 Å². The Balaban J connectivity index is 2.63. The Bertz CT molecular complexity index is 350. The van der Waals surface area contributed by atoms with Crippen LogP contribution in [0.5, 0.6) is 0 Å². The minimum Gasteiger partial charge on any atom is -0.370 e. The first-order chi connectivity index (χ1) is 7.50. The van der Waals surface area contributed by atoms with Crippen molar-refractivity contribution in [3.8, 4) is 0 Å². The molecular weight excluding hydrogens is 208 g/mol. The Morgan fingerprint density at radius 1 is 1.31 bits per heavy atom. The largest absolute Gasteiger partial charge is 0.370 e. The van der Waals surface area contributed by atoms with E-state index in [4.69, 9.17) is 0 Å². The zero-order valence-corrected chi connectivity index (χ0v) is 9.75. The van der Waals surface area contributed by atoms with Crippen molar-refractivity contribution in [2.24, 2.45) is 0 Å². The molecule has 0 aliphatic rings. The number of rotatable bonds is 5. The number of anilines is 1. The van der Waals surface area contributed by atoms with E-state index in [1.54, 1.807) is 6.07 Å². The monoisotopic (exact) mass is 224 g/mol. The van der Waals surface area contributed by atoms with E-state index in [0.29, 0.717) is 0 Å². The van der Waals surface area contributed by atoms with E-state index in [1.807, 2.05) is 26.0 Å². The number of hydrogen-bond donors (Lipinski definition) is 0. The van der Waals surface area contributed by atoms with Crippen molar-refractivity contribution in [2.75, 3.05) is 39.1 Å². The molecular formula is C10H16N4O2. The van der Waals surface area contributed by atoms with Crippen LogP contribution in [0.4, 0.5) is 11.5 Å². The number of likely N-dealkylation sites (N-methyl/N-ethyl adjacent to an activating group) is 2. The fraction of sp³-hybridized carbons (Fsp3) is 0.500. The molecule has 16 heavy (non-hydrogen) atoms. The third kappa shape index (κ3) is 3.47. The molecule has 0 aromatic carbocycles. The molecule has 6 nitrogen and oxygen atoms in total. The standard InChI is InChI=1S/C10H16N4O2/c1-12(2)6-7-13(3)9-4-5-10(11-8-9)14(15)16/h4-5,8H,6-7H2,1-3H3. The Morgan fingerprint density at radius 3 is 2.44 bits per heavy atom. The predicted molar refractivity (Wildman–Crippen MR) is 62.7 cm³/mol. The van der Waals surface area contributed by atoms with Crippen LogP contribution in [0, 0.1) is 10.1 Å². The molecule has 0 spiro atoms. The van der Waals surface area contributed by atoms with E-state index in [0.717, 1.165) is 18.8 Å². The van der Waals surface area contributed by atoms with Gasteiger partial charge in [0.25, 0.3) is 0 Å². The van der Waals surface area contributed by atoms with E-state index >= 15 is 0 Å². The molecule has 1 aromatic heterocycles. The minimum absolute atomic E-state index is 0.121. The third-order valence-corrected chi connectivity index (χ3v) is 2.24. The normalized spacial score (nSPS) is 10.5. The minimum atomic E-state index is -0.496. The van der Waals surface area contributed by atoms with Gasteiger partial charge in [0.1, 0.15) is 0 Å². The molecule has 0 unspecified atom stereocenters. The molecule has 0 N–H and O–H groups in total. The van der Waals surface area contributed by atoms with Gasteiger partial charge in [0, 0.05) is 26.2 Å². The molecule has 0 atom stereocenters. The third-order valence-electron chi connectivity index (χ3n) is 2.24. The van der Waals surface area contributed by atoms with Crippen LogP contribution in [0.25, 0.3) is 0 Å². The summed E-state index contributed by atoms with van der Waals surface area (Å²) in [5.41, 5.74) is 0.882. The Morgan fingerprint density at radius 2 is 2.00 bits per heavy atom. The zero-order chi connectivity index (χ0) is 12.1. The van der Waals surface area contributed by atoms with E-state index in [1.165, 1.54) is 12.3 Å².